The van der Waals surface area contributed by atoms with Crippen molar-refractivity contribution >= 4 is 24.0 Å². The standard InChI is InChI=1S/C13H20N2O4.ClH/c1-8(14)13(16)15(2)9-6-10(17-3)12(19-5)11(7-9)18-4;/h6-8H,14H2,1-5H3;1H/t8-;/m0./s1. The molecular weight excluding hydrogens is 284 g/mol. The van der Waals surface area contributed by atoms with E-state index in [9.17, 15) is 4.79 Å². The summed E-state index contributed by atoms with van der Waals surface area (Å²) in [5, 5.41) is 0. The van der Waals surface area contributed by atoms with Crippen molar-refractivity contribution in [1.82, 2.24) is 0 Å². The molecule has 0 fully saturated rings. The molecule has 1 atom stereocenters. The number of nitrogens with two attached hydrogens (primary N) is 1. The molecule has 1 aromatic carbocycles. The normalized spacial score (nSPS) is 11.1. The Balaban J connectivity index is 0.00000361. The van der Waals surface area contributed by atoms with Gasteiger partial charge < -0.3 is 24.8 Å². The van der Waals surface area contributed by atoms with Gasteiger partial charge in [0.05, 0.1) is 33.1 Å². The number of methoxy groups -OCH3 is 3. The van der Waals surface area contributed by atoms with E-state index in [4.69, 9.17) is 19.9 Å². The summed E-state index contributed by atoms with van der Waals surface area (Å²) in [6.45, 7) is 1.64. The Morgan fingerprint density at radius 3 is 1.90 bits per heavy atom. The largest absolute Gasteiger partial charge is 0.493 e. The highest BCUT2D eigenvalue weighted by Crippen LogP contribution is 2.40. The first-order valence-corrected chi connectivity index (χ1v) is 5.79. The summed E-state index contributed by atoms with van der Waals surface area (Å²) in [4.78, 5) is 13.3. The molecule has 1 rings (SSSR count). The van der Waals surface area contributed by atoms with Gasteiger partial charge in [0.15, 0.2) is 11.5 Å². The lowest BCUT2D eigenvalue weighted by molar-refractivity contribution is -0.119. The summed E-state index contributed by atoms with van der Waals surface area (Å²) in [5.41, 5.74) is 6.22. The van der Waals surface area contributed by atoms with Crippen molar-refractivity contribution in [3.8, 4) is 17.2 Å². The maximum Gasteiger partial charge on any atom is 0.243 e. The Morgan fingerprint density at radius 1 is 1.15 bits per heavy atom. The highest BCUT2D eigenvalue weighted by atomic mass is 35.5. The van der Waals surface area contributed by atoms with Crippen molar-refractivity contribution < 1.29 is 19.0 Å². The van der Waals surface area contributed by atoms with Crippen molar-refractivity contribution in [2.24, 2.45) is 5.73 Å². The molecule has 1 aromatic rings. The van der Waals surface area contributed by atoms with E-state index in [2.05, 4.69) is 0 Å². The fourth-order valence-electron chi connectivity index (χ4n) is 1.69. The highest BCUT2D eigenvalue weighted by Gasteiger charge is 2.20. The first kappa shape index (κ1) is 18.3. The third-order valence-electron chi connectivity index (χ3n) is 2.76. The molecule has 0 heterocycles. The highest BCUT2D eigenvalue weighted by molar-refractivity contribution is 5.96. The molecule has 0 unspecified atom stereocenters. The van der Waals surface area contributed by atoms with Gasteiger partial charge in [0.2, 0.25) is 11.7 Å². The number of likely N-dealkylation sites (N-methyl/N-ethyl adjacent to an activating group) is 1. The van der Waals surface area contributed by atoms with Gasteiger partial charge >= 0.3 is 0 Å². The van der Waals surface area contributed by atoms with Gasteiger partial charge in [-0.2, -0.15) is 0 Å². The molecule has 1 amide bonds. The number of benzene rings is 1. The zero-order valence-corrected chi connectivity index (χ0v) is 13.1. The lowest BCUT2D eigenvalue weighted by Crippen LogP contribution is -2.39. The van der Waals surface area contributed by atoms with E-state index in [0.717, 1.165) is 0 Å². The molecule has 0 saturated heterocycles. The number of ether oxygens (including phenoxy) is 3. The van der Waals surface area contributed by atoms with E-state index >= 15 is 0 Å². The van der Waals surface area contributed by atoms with Gasteiger partial charge in [-0.1, -0.05) is 0 Å². The number of carbonyl (C=O) groups excluding carboxylic acids is 1. The average molecular weight is 305 g/mol. The molecule has 0 spiro atoms. The smallest absolute Gasteiger partial charge is 0.243 e. The van der Waals surface area contributed by atoms with Crippen molar-refractivity contribution in [3.63, 3.8) is 0 Å². The predicted octanol–water partition coefficient (Wildman–Crippen LogP) is 1.44. The Hall–Kier alpha value is -1.66. The molecule has 0 aliphatic carbocycles. The molecule has 2 N–H and O–H groups in total. The number of nitrogens with zero attached hydrogens (tertiary/aromatic N) is 1. The van der Waals surface area contributed by atoms with E-state index in [1.807, 2.05) is 0 Å². The molecule has 0 bridgehead atoms. The first-order chi connectivity index (χ1) is 8.96. The number of hydrogen-bond donors (Lipinski definition) is 1. The van der Waals surface area contributed by atoms with E-state index < -0.39 is 6.04 Å². The Labute approximate surface area is 125 Å². The predicted molar refractivity (Wildman–Crippen MR) is 80.4 cm³/mol. The molecule has 0 saturated carbocycles. The minimum atomic E-state index is -0.580. The van der Waals surface area contributed by atoms with Crippen LogP contribution in [0.15, 0.2) is 12.1 Å². The van der Waals surface area contributed by atoms with Crippen molar-refractivity contribution in [1.29, 1.82) is 0 Å². The van der Waals surface area contributed by atoms with Crippen LogP contribution in [-0.4, -0.2) is 40.3 Å². The van der Waals surface area contributed by atoms with Crippen LogP contribution in [-0.2, 0) is 4.79 Å². The fourth-order valence-corrected chi connectivity index (χ4v) is 1.69. The van der Waals surface area contributed by atoms with Crippen LogP contribution in [0.2, 0.25) is 0 Å². The molecule has 114 valence electrons. The molecule has 0 aliphatic heterocycles. The summed E-state index contributed by atoms with van der Waals surface area (Å²) in [6.07, 6.45) is 0. The van der Waals surface area contributed by atoms with Crippen LogP contribution in [0, 0.1) is 0 Å². The molecule has 7 heteroatoms. The van der Waals surface area contributed by atoms with Gasteiger partial charge in [-0.3, -0.25) is 4.79 Å². The number of anilines is 1. The summed E-state index contributed by atoms with van der Waals surface area (Å²) in [7, 11) is 6.21. The fraction of sp³-hybridized carbons (Fsp3) is 0.462. The number of rotatable bonds is 5. The van der Waals surface area contributed by atoms with Crippen LogP contribution < -0.4 is 24.8 Å². The molecular formula is C13H21ClN2O4. The summed E-state index contributed by atoms with van der Waals surface area (Å²) in [6, 6.07) is 2.81. The molecule has 6 nitrogen and oxygen atoms in total. The summed E-state index contributed by atoms with van der Waals surface area (Å²) < 4.78 is 15.7. The zero-order chi connectivity index (χ0) is 14.6. The topological polar surface area (TPSA) is 74.0 Å². The lowest BCUT2D eigenvalue weighted by Gasteiger charge is -2.22. The number of hydrogen-bond acceptors (Lipinski definition) is 5. The Kier molecular flexibility index (Phi) is 7.17. The van der Waals surface area contributed by atoms with Crippen molar-refractivity contribution in [2.75, 3.05) is 33.3 Å². The monoisotopic (exact) mass is 304 g/mol. The number of amides is 1. The van der Waals surface area contributed by atoms with Gasteiger partial charge in [0, 0.05) is 19.2 Å². The SMILES string of the molecule is COc1cc(N(C)C(=O)[C@H](C)N)cc(OC)c1OC.Cl. The quantitative estimate of drug-likeness (QED) is 0.891. The number of carbonyl (C=O) groups is 1. The molecule has 20 heavy (non-hydrogen) atoms. The van der Waals surface area contributed by atoms with Crippen molar-refractivity contribution in [2.45, 2.75) is 13.0 Å². The van der Waals surface area contributed by atoms with E-state index in [1.54, 1.807) is 26.1 Å². The van der Waals surface area contributed by atoms with Gasteiger partial charge in [-0.15, -0.1) is 12.4 Å². The third-order valence-corrected chi connectivity index (χ3v) is 2.76. The molecule has 0 radical (unpaired) electrons. The van der Waals surface area contributed by atoms with Crippen LogP contribution >= 0.6 is 12.4 Å². The van der Waals surface area contributed by atoms with Crippen LogP contribution in [0.3, 0.4) is 0 Å². The minimum absolute atomic E-state index is 0. The number of halogens is 1. The molecule has 0 aromatic heterocycles. The zero-order valence-electron chi connectivity index (χ0n) is 12.3. The van der Waals surface area contributed by atoms with E-state index in [1.165, 1.54) is 26.2 Å². The van der Waals surface area contributed by atoms with Crippen molar-refractivity contribution in [3.05, 3.63) is 12.1 Å². The Morgan fingerprint density at radius 2 is 1.60 bits per heavy atom. The van der Waals surface area contributed by atoms with Crippen LogP contribution in [0.4, 0.5) is 5.69 Å². The Bertz CT molecular complexity index is 441. The third kappa shape index (κ3) is 3.68. The van der Waals surface area contributed by atoms with Gasteiger partial charge in [-0.05, 0) is 6.92 Å². The average Bonchev–Trinajstić information content (AvgIpc) is 2.43. The van der Waals surface area contributed by atoms with Gasteiger partial charge in [-0.25, -0.2) is 0 Å². The second kappa shape index (κ2) is 7.81. The van der Waals surface area contributed by atoms with Crippen LogP contribution in [0.1, 0.15) is 6.92 Å². The maximum atomic E-state index is 11.9. The van der Waals surface area contributed by atoms with Gasteiger partial charge in [0.25, 0.3) is 0 Å². The van der Waals surface area contributed by atoms with Gasteiger partial charge in [0.1, 0.15) is 0 Å². The van der Waals surface area contributed by atoms with E-state index in [-0.39, 0.29) is 18.3 Å². The minimum Gasteiger partial charge on any atom is -0.493 e. The van der Waals surface area contributed by atoms with Crippen LogP contribution in [0.25, 0.3) is 0 Å². The lowest BCUT2D eigenvalue weighted by atomic mass is 10.2. The second-order valence-electron chi connectivity index (χ2n) is 4.07. The first-order valence-electron chi connectivity index (χ1n) is 5.79. The second-order valence-corrected chi connectivity index (χ2v) is 4.07. The van der Waals surface area contributed by atoms with E-state index in [0.29, 0.717) is 22.9 Å². The summed E-state index contributed by atoms with van der Waals surface area (Å²) >= 11 is 0. The molecule has 0 aliphatic rings. The van der Waals surface area contributed by atoms with Crippen LogP contribution in [0.5, 0.6) is 17.2 Å². The summed E-state index contributed by atoms with van der Waals surface area (Å²) in [5.74, 6) is 1.26. The maximum absolute atomic E-state index is 11.9.